The third-order valence-corrected chi connectivity index (χ3v) is 7.95. The number of amides is 1. The maximum atomic E-state index is 13.5. The Bertz CT molecular complexity index is 1230. The fourth-order valence-electron chi connectivity index (χ4n) is 5.67. The largest absolute Gasteiger partial charge is 0.483 e. The van der Waals surface area contributed by atoms with Crippen LogP contribution in [0, 0.1) is 12.7 Å². The van der Waals surface area contributed by atoms with Gasteiger partial charge >= 0.3 is 0 Å². The first-order chi connectivity index (χ1) is 19.0. The van der Waals surface area contributed by atoms with Crippen LogP contribution in [0.5, 0.6) is 5.75 Å². The zero-order valence-electron chi connectivity index (χ0n) is 22.9. The van der Waals surface area contributed by atoms with Crippen LogP contribution >= 0.6 is 0 Å². The fourth-order valence-corrected chi connectivity index (χ4v) is 5.67. The summed E-state index contributed by atoms with van der Waals surface area (Å²) in [6.07, 6.45) is 6.57. The monoisotopic (exact) mass is 535 g/mol. The first-order valence-electron chi connectivity index (χ1n) is 14.0. The molecule has 0 unspecified atom stereocenters. The Labute approximate surface area is 229 Å². The second-order valence-electron chi connectivity index (χ2n) is 10.8. The summed E-state index contributed by atoms with van der Waals surface area (Å²) in [7, 11) is 1.99. The van der Waals surface area contributed by atoms with Gasteiger partial charge in [-0.1, -0.05) is 47.8 Å². The molecule has 0 spiro atoms. The average molecular weight is 536 g/mol. The highest BCUT2D eigenvalue weighted by atomic mass is 19.1. The van der Waals surface area contributed by atoms with E-state index in [1.165, 1.54) is 44.2 Å². The molecular formula is C30H38FN5O3. The topological polar surface area (TPSA) is 74.9 Å². The third kappa shape index (κ3) is 7.02. The van der Waals surface area contributed by atoms with Crippen molar-refractivity contribution < 1.29 is 18.6 Å². The van der Waals surface area contributed by atoms with Crippen molar-refractivity contribution in [1.29, 1.82) is 0 Å². The SMILES string of the molecule is Cc1nonc1CN(C)Cc1cc(-c2ccc(F)cc2)ccc1OCC(=O)N1CCN(C2CCCCC2)CC1. The number of hydrogen-bond donors (Lipinski definition) is 0. The molecule has 208 valence electrons. The van der Waals surface area contributed by atoms with Gasteiger partial charge < -0.3 is 9.64 Å². The lowest BCUT2D eigenvalue weighted by molar-refractivity contribution is -0.135. The molecule has 2 aliphatic rings. The molecule has 1 aliphatic heterocycles. The van der Waals surface area contributed by atoms with Crippen molar-refractivity contribution >= 4 is 5.91 Å². The summed E-state index contributed by atoms with van der Waals surface area (Å²) in [6, 6.07) is 13.0. The summed E-state index contributed by atoms with van der Waals surface area (Å²) in [5.74, 6) is 0.412. The van der Waals surface area contributed by atoms with Crippen molar-refractivity contribution in [3.8, 4) is 16.9 Å². The number of aryl methyl sites for hydroxylation is 1. The summed E-state index contributed by atoms with van der Waals surface area (Å²) in [4.78, 5) is 19.7. The molecule has 5 rings (SSSR count). The van der Waals surface area contributed by atoms with Gasteiger partial charge in [0.05, 0.1) is 0 Å². The lowest BCUT2D eigenvalue weighted by Gasteiger charge is -2.40. The number of carbonyl (C=O) groups excluding carboxylic acids is 1. The Morgan fingerprint density at radius 3 is 2.41 bits per heavy atom. The molecule has 39 heavy (non-hydrogen) atoms. The van der Waals surface area contributed by atoms with Gasteiger partial charge in [0, 0.05) is 50.9 Å². The van der Waals surface area contributed by atoms with E-state index >= 15 is 0 Å². The van der Waals surface area contributed by atoms with Gasteiger partial charge in [0.25, 0.3) is 5.91 Å². The van der Waals surface area contributed by atoms with E-state index in [1.807, 2.05) is 37.1 Å². The van der Waals surface area contributed by atoms with Gasteiger partial charge in [0.15, 0.2) is 6.61 Å². The molecule has 1 aromatic heterocycles. The van der Waals surface area contributed by atoms with Crippen molar-refractivity contribution in [3.05, 3.63) is 65.2 Å². The average Bonchev–Trinajstić information content (AvgIpc) is 3.36. The van der Waals surface area contributed by atoms with Crippen LogP contribution in [-0.4, -0.2) is 76.8 Å². The molecule has 8 nitrogen and oxygen atoms in total. The van der Waals surface area contributed by atoms with Crippen LogP contribution in [0.2, 0.25) is 0 Å². The first-order valence-corrected chi connectivity index (χ1v) is 14.0. The van der Waals surface area contributed by atoms with E-state index in [0.29, 0.717) is 24.9 Å². The zero-order valence-corrected chi connectivity index (χ0v) is 22.9. The minimum Gasteiger partial charge on any atom is -0.483 e. The molecule has 0 atom stereocenters. The predicted molar refractivity (Wildman–Crippen MR) is 147 cm³/mol. The van der Waals surface area contributed by atoms with Crippen LogP contribution in [0.4, 0.5) is 4.39 Å². The molecular weight excluding hydrogens is 497 g/mol. The Balaban J connectivity index is 1.24. The van der Waals surface area contributed by atoms with Crippen LogP contribution in [0.25, 0.3) is 11.1 Å². The molecule has 2 aromatic carbocycles. The highest BCUT2D eigenvalue weighted by Gasteiger charge is 2.27. The molecule has 1 amide bonds. The fraction of sp³-hybridized carbons (Fsp3) is 0.500. The van der Waals surface area contributed by atoms with E-state index in [-0.39, 0.29) is 18.3 Å². The van der Waals surface area contributed by atoms with Gasteiger partial charge in [-0.05, 0) is 62.2 Å². The maximum Gasteiger partial charge on any atom is 0.260 e. The number of aromatic nitrogens is 2. The summed E-state index contributed by atoms with van der Waals surface area (Å²) < 4.78 is 24.5. The van der Waals surface area contributed by atoms with Crippen molar-refractivity contribution in [2.45, 2.75) is 58.2 Å². The second-order valence-corrected chi connectivity index (χ2v) is 10.8. The van der Waals surface area contributed by atoms with Crippen LogP contribution in [0.3, 0.4) is 0 Å². The minimum atomic E-state index is -0.270. The number of hydrogen-bond acceptors (Lipinski definition) is 7. The Morgan fingerprint density at radius 1 is 1.00 bits per heavy atom. The molecule has 2 fully saturated rings. The number of benzene rings is 2. The van der Waals surface area contributed by atoms with Gasteiger partial charge in [-0.2, -0.15) is 0 Å². The predicted octanol–water partition coefficient (Wildman–Crippen LogP) is 4.67. The number of carbonyl (C=O) groups is 1. The van der Waals surface area contributed by atoms with Gasteiger partial charge in [0.1, 0.15) is 23.0 Å². The third-order valence-electron chi connectivity index (χ3n) is 7.95. The van der Waals surface area contributed by atoms with Gasteiger partial charge in [-0.3, -0.25) is 14.6 Å². The van der Waals surface area contributed by atoms with Gasteiger partial charge in [-0.15, -0.1) is 0 Å². The van der Waals surface area contributed by atoms with Crippen LogP contribution in [0.1, 0.15) is 49.1 Å². The Morgan fingerprint density at radius 2 is 1.72 bits per heavy atom. The van der Waals surface area contributed by atoms with E-state index in [2.05, 4.69) is 20.1 Å². The molecule has 1 aliphatic carbocycles. The smallest absolute Gasteiger partial charge is 0.260 e. The first kappa shape index (κ1) is 27.3. The Hall–Kier alpha value is -3.30. The van der Waals surface area contributed by atoms with E-state index in [0.717, 1.165) is 54.3 Å². The lowest BCUT2D eigenvalue weighted by atomic mass is 9.94. The Kier molecular flexibility index (Phi) is 8.88. The molecule has 1 saturated carbocycles. The van der Waals surface area contributed by atoms with E-state index in [9.17, 15) is 9.18 Å². The summed E-state index contributed by atoms with van der Waals surface area (Å²) in [5.41, 5.74) is 4.33. The summed E-state index contributed by atoms with van der Waals surface area (Å²) in [5, 5.41) is 7.86. The molecule has 3 aromatic rings. The van der Waals surface area contributed by atoms with Crippen molar-refractivity contribution in [1.82, 2.24) is 25.0 Å². The van der Waals surface area contributed by atoms with Gasteiger partial charge in [0.2, 0.25) is 0 Å². The van der Waals surface area contributed by atoms with Crippen LogP contribution in [0.15, 0.2) is 47.1 Å². The standard InChI is InChI=1S/C30H38FN5O3/c1-22-28(33-39-32-22)20-34(2)19-25-18-24(23-8-11-26(31)12-9-23)10-13-29(25)38-21-30(37)36-16-14-35(15-17-36)27-6-4-3-5-7-27/h8-13,18,27H,3-7,14-17,19-21H2,1-2H3. The molecule has 9 heteroatoms. The molecule has 0 radical (unpaired) electrons. The van der Waals surface area contributed by atoms with Crippen molar-refractivity contribution in [2.75, 3.05) is 39.8 Å². The maximum absolute atomic E-state index is 13.5. The lowest BCUT2D eigenvalue weighted by Crippen LogP contribution is -2.53. The second kappa shape index (κ2) is 12.7. The van der Waals surface area contributed by atoms with E-state index < -0.39 is 0 Å². The molecule has 1 saturated heterocycles. The van der Waals surface area contributed by atoms with Crippen molar-refractivity contribution in [3.63, 3.8) is 0 Å². The highest BCUT2D eigenvalue weighted by Crippen LogP contribution is 2.29. The zero-order chi connectivity index (χ0) is 27.2. The molecule has 0 N–H and O–H groups in total. The minimum absolute atomic E-state index is 0.00233. The van der Waals surface area contributed by atoms with Crippen LogP contribution in [-0.2, 0) is 17.9 Å². The number of halogens is 1. The molecule has 0 bridgehead atoms. The molecule has 2 heterocycles. The summed E-state index contributed by atoms with van der Waals surface area (Å²) >= 11 is 0. The van der Waals surface area contributed by atoms with Crippen molar-refractivity contribution in [2.24, 2.45) is 0 Å². The number of rotatable bonds is 9. The van der Waals surface area contributed by atoms with E-state index in [1.54, 1.807) is 12.1 Å². The van der Waals surface area contributed by atoms with E-state index in [4.69, 9.17) is 9.37 Å². The summed E-state index contributed by atoms with van der Waals surface area (Å²) in [6.45, 7) is 6.37. The quantitative estimate of drug-likeness (QED) is 0.394. The number of piperazine rings is 1. The normalized spacial score (nSPS) is 17.1. The highest BCUT2D eigenvalue weighted by molar-refractivity contribution is 5.78. The van der Waals surface area contributed by atoms with Crippen LogP contribution < -0.4 is 4.74 Å². The van der Waals surface area contributed by atoms with Gasteiger partial charge in [-0.25, -0.2) is 9.02 Å². The number of nitrogens with zero attached hydrogens (tertiary/aromatic N) is 5. The number of ether oxygens (including phenoxy) is 1.